The molecule has 1 aliphatic rings. The molecule has 1 unspecified atom stereocenters. The van der Waals surface area contributed by atoms with Gasteiger partial charge in [-0.25, -0.2) is 4.98 Å². The highest BCUT2D eigenvalue weighted by Crippen LogP contribution is 2.31. The van der Waals surface area contributed by atoms with E-state index in [1.807, 2.05) is 59.8 Å². The fraction of sp³-hybridized carbons (Fsp3) is 0.296. The fourth-order valence-corrected chi connectivity index (χ4v) is 4.68. The highest BCUT2D eigenvalue weighted by atomic mass is 16.5. The minimum Gasteiger partial charge on any atom is -0.497 e. The number of pyridine rings is 2. The molecule has 168 valence electrons. The number of carbonyl (C=O) groups excluding carboxylic acids is 1. The number of carbonyl (C=O) groups is 1. The van der Waals surface area contributed by atoms with E-state index < -0.39 is 0 Å². The summed E-state index contributed by atoms with van der Waals surface area (Å²) in [5.41, 5.74) is 6.69. The van der Waals surface area contributed by atoms with Crippen LogP contribution in [-0.2, 0) is 0 Å². The SMILES string of the molecule is COc1ccc(-c2cc(C)nc(C3CCCN(C(=O)c4cn5cccc(C)c5n4)C3)c2)cc1. The molecule has 1 fully saturated rings. The quantitative estimate of drug-likeness (QED) is 0.446. The van der Waals surface area contributed by atoms with E-state index in [1.165, 1.54) is 0 Å². The van der Waals surface area contributed by atoms with E-state index >= 15 is 0 Å². The molecule has 1 aromatic carbocycles. The lowest BCUT2D eigenvalue weighted by atomic mass is 9.92. The third-order valence-electron chi connectivity index (χ3n) is 6.42. The number of rotatable bonds is 4. The van der Waals surface area contributed by atoms with E-state index in [0.29, 0.717) is 12.2 Å². The Morgan fingerprint density at radius 3 is 2.64 bits per heavy atom. The first kappa shape index (κ1) is 21.2. The van der Waals surface area contributed by atoms with Crippen molar-refractivity contribution in [1.29, 1.82) is 0 Å². The molecular formula is C27H28N4O2. The summed E-state index contributed by atoms with van der Waals surface area (Å²) in [6, 6.07) is 16.3. The monoisotopic (exact) mass is 440 g/mol. The Morgan fingerprint density at radius 1 is 1.06 bits per heavy atom. The minimum atomic E-state index is -0.00849. The molecule has 4 heterocycles. The first-order chi connectivity index (χ1) is 16.0. The van der Waals surface area contributed by atoms with Crippen molar-refractivity contribution in [2.75, 3.05) is 20.2 Å². The zero-order chi connectivity index (χ0) is 22.9. The number of methoxy groups -OCH3 is 1. The number of likely N-dealkylation sites (tertiary alicyclic amines) is 1. The number of amides is 1. The number of piperidine rings is 1. The summed E-state index contributed by atoms with van der Waals surface area (Å²) in [6.45, 7) is 5.45. The van der Waals surface area contributed by atoms with Crippen LogP contribution in [-0.4, -0.2) is 45.4 Å². The van der Waals surface area contributed by atoms with Gasteiger partial charge in [-0.2, -0.15) is 0 Å². The summed E-state index contributed by atoms with van der Waals surface area (Å²) < 4.78 is 7.21. The molecule has 0 N–H and O–H groups in total. The van der Waals surface area contributed by atoms with Crippen LogP contribution in [0.5, 0.6) is 5.75 Å². The predicted molar refractivity (Wildman–Crippen MR) is 129 cm³/mol. The predicted octanol–water partition coefficient (Wildman–Crippen LogP) is 5.04. The number of aromatic nitrogens is 3. The molecule has 0 bridgehead atoms. The van der Waals surface area contributed by atoms with Crippen LogP contribution in [0.4, 0.5) is 0 Å². The Hall–Kier alpha value is -3.67. The maximum atomic E-state index is 13.3. The fourth-order valence-electron chi connectivity index (χ4n) is 4.68. The van der Waals surface area contributed by atoms with Gasteiger partial charge >= 0.3 is 0 Å². The summed E-state index contributed by atoms with van der Waals surface area (Å²) in [7, 11) is 1.67. The molecule has 6 nitrogen and oxygen atoms in total. The topological polar surface area (TPSA) is 59.7 Å². The van der Waals surface area contributed by atoms with Crippen LogP contribution < -0.4 is 4.74 Å². The van der Waals surface area contributed by atoms with Crippen molar-refractivity contribution in [2.24, 2.45) is 0 Å². The Balaban J connectivity index is 1.39. The van der Waals surface area contributed by atoms with Crippen molar-refractivity contribution < 1.29 is 9.53 Å². The number of fused-ring (bicyclic) bond motifs is 1. The van der Waals surface area contributed by atoms with E-state index in [1.54, 1.807) is 7.11 Å². The molecule has 3 aromatic heterocycles. The molecule has 1 amide bonds. The third kappa shape index (κ3) is 4.21. The van der Waals surface area contributed by atoms with Crippen molar-refractivity contribution >= 4 is 11.6 Å². The van der Waals surface area contributed by atoms with Crippen molar-refractivity contribution in [1.82, 2.24) is 19.3 Å². The number of ether oxygens (including phenoxy) is 1. The number of aryl methyl sites for hydroxylation is 2. The van der Waals surface area contributed by atoms with Gasteiger partial charge in [0.2, 0.25) is 0 Å². The van der Waals surface area contributed by atoms with Crippen LogP contribution in [0.2, 0.25) is 0 Å². The Bertz CT molecular complexity index is 1310. The molecule has 1 aliphatic heterocycles. The molecule has 5 rings (SSSR count). The summed E-state index contributed by atoms with van der Waals surface area (Å²) >= 11 is 0. The van der Waals surface area contributed by atoms with Crippen LogP contribution in [0.1, 0.15) is 46.2 Å². The second-order valence-electron chi connectivity index (χ2n) is 8.79. The lowest BCUT2D eigenvalue weighted by Gasteiger charge is -2.32. The molecule has 0 saturated carbocycles. The largest absolute Gasteiger partial charge is 0.497 e. The van der Waals surface area contributed by atoms with Crippen molar-refractivity contribution in [3.63, 3.8) is 0 Å². The number of nitrogens with zero attached hydrogens (tertiary/aromatic N) is 4. The first-order valence-electron chi connectivity index (χ1n) is 11.4. The van der Waals surface area contributed by atoms with Gasteiger partial charge in [-0.3, -0.25) is 9.78 Å². The molecule has 6 heteroatoms. The van der Waals surface area contributed by atoms with Crippen LogP contribution in [0.3, 0.4) is 0 Å². The summed E-state index contributed by atoms with van der Waals surface area (Å²) in [4.78, 5) is 24.7. The average molecular weight is 441 g/mol. The Morgan fingerprint density at radius 2 is 1.88 bits per heavy atom. The minimum absolute atomic E-state index is 0.00849. The molecule has 4 aromatic rings. The van der Waals surface area contributed by atoms with Crippen molar-refractivity contribution in [3.05, 3.63) is 83.6 Å². The Labute approximate surface area is 193 Å². The van der Waals surface area contributed by atoms with Crippen LogP contribution in [0.15, 0.2) is 60.9 Å². The number of imidazole rings is 1. The molecule has 33 heavy (non-hydrogen) atoms. The third-order valence-corrected chi connectivity index (χ3v) is 6.42. The van der Waals surface area contributed by atoms with Gasteiger partial charge in [-0.1, -0.05) is 18.2 Å². The second kappa shape index (κ2) is 8.70. The first-order valence-corrected chi connectivity index (χ1v) is 11.4. The molecule has 0 aliphatic carbocycles. The normalized spacial score (nSPS) is 16.2. The van der Waals surface area contributed by atoms with E-state index in [4.69, 9.17) is 9.72 Å². The summed E-state index contributed by atoms with van der Waals surface area (Å²) in [5.74, 6) is 1.04. The zero-order valence-corrected chi connectivity index (χ0v) is 19.3. The molecule has 0 spiro atoms. The van der Waals surface area contributed by atoms with Crippen LogP contribution >= 0.6 is 0 Å². The van der Waals surface area contributed by atoms with E-state index in [9.17, 15) is 4.79 Å². The molecule has 1 saturated heterocycles. The average Bonchev–Trinajstić information content (AvgIpc) is 3.29. The summed E-state index contributed by atoms with van der Waals surface area (Å²) in [6.07, 6.45) is 5.74. The van der Waals surface area contributed by atoms with E-state index in [0.717, 1.165) is 58.9 Å². The number of hydrogen-bond acceptors (Lipinski definition) is 4. The Kier molecular flexibility index (Phi) is 5.58. The van der Waals surface area contributed by atoms with Crippen molar-refractivity contribution in [2.45, 2.75) is 32.6 Å². The maximum Gasteiger partial charge on any atom is 0.274 e. The van der Waals surface area contributed by atoms with Gasteiger partial charge in [0.05, 0.1) is 7.11 Å². The highest BCUT2D eigenvalue weighted by molar-refractivity contribution is 5.93. The maximum absolute atomic E-state index is 13.3. The zero-order valence-electron chi connectivity index (χ0n) is 19.3. The number of benzene rings is 1. The van der Waals surface area contributed by atoms with Gasteiger partial charge in [0, 0.05) is 42.8 Å². The lowest BCUT2D eigenvalue weighted by Crippen LogP contribution is -2.39. The van der Waals surface area contributed by atoms with E-state index in [-0.39, 0.29) is 11.8 Å². The number of hydrogen-bond donors (Lipinski definition) is 0. The van der Waals surface area contributed by atoms with Gasteiger partial charge in [-0.05, 0) is 73.7 Å². The van der Waals surface area contributed by atoms with Gasteiger partial charge in [0.1, 0.15) is 17.1 Å². The van der Waals surface area contributed by atoms with Gasteiger partial charge in [0.25, 0.3) is 5.91 Å². The molecule has 0 radical (unpaired) electrons. The van der Waals surface area contributed by atoms with Gasteiger partial charge < -0.3 is 14.0 Å². The standard InChI is InChI=1S/C27H28N4O2/c1-18-6-4-12-30-17-25(29-26(18)30)27(32)31-13-5-7-21(16-31)24-15-22(14-19(2)28-24)20-8-10-23(33-3)11-9-20/h4,6,8-12,14-15,17,21H,5,7,13,16H2,1-3H3. The smallest absolute Gasteiger partial charge is 0.274 e. The van der Waals surface area contributed by atoms with Gasteiger partial charge in [-0.15, -0.1) is 0 Å². The van der Waals surface area contributed by atoms with Gasteiger partial charge in [0.15, 0.2) is 0 Å². The lowest BCUT2D eigenvalue weighted by molar-refractivity contribution is 0.0700. The molecular weight excluding hydrogens is 412 g/mol. The van der Waals surface area contributed by atoms with E-state index in [2.05, 4.69) is 29.2 Å². The summed E-state index contributed by atoms with van der Waals surface area (Å²) in [5, 5.41) is 0. The van der Waals surface area contributed by atoms with Crippen molar-refractivity contribution in [3.8, 4) is 16.9 Å². The van der Waals surface area contributed by atoms with Crippen LogP contribution in [0, 0.1) is 13.8 Å². The molecule has 1 atom stereocenters. The van der Waals surface area contributed by atoms with Crippen LogP contribution in [0.25, 0.3) is 16.8 Å². The highest BCUT2D eigenvalue weighted by Gasteiger charge is 2.28. The second-order valence-corrected chi connectivity index (χ2v) is 8.79.